The molecule has 2 aliphatic heterocycles. The van der Waals surface area contributed by atoms with Gasteiger partial charge in [-0.25, -0.2) is 14.2 Å². The summed E-state index contributed by atoms with van der Waals surface area (Å²) in [6, 6.07) is 0. The maximum Gasteiger partial charge on any atom is 1.00 e. The molecular formula is C20H27N4NaO15P2. The maximum absolute atomic E-state index is 12.8. The first kappa shape index (κ1) is 34.9. The Kier molecular flexibility index (Phi) is 11.3. The van der Waals surface area contributed by atoms with E-state index in [2.05, 4.69) is 14.5 Å². The fraction of sp³-hybridized carbons (Fsp3) is 0.600. The number of H-pyrrole nitrogens is 2. The number of rotatable bonds is 10. The Labute approximate surface area is 257 Å². The van der Waals surface area contributed by atoms with Crippen LogP contribution in [0, 0.1) is 13.8 Å². The van der Waals surface area contributed by atoms with Crippen LogP contribution in [0.3, 0.4) is 0 Å². The summed E-state index contributed by atoms with van der Waals surface area (Å²) in [4.78, 5) is 82.3. The number of phosphoric acid groups is 2. The van der Waals surface area contributed by atoms with Crippen molar-refractivity contribution in [1.29, 1.82) is 0 Å². The molecule has 0 radical (unpaired) electrons. The van der Waals surface area contributed by atoms with Crippen LogP contribution in [0.25, 0.3) is 0 Å². The van der Waals surface area contributed by atoms with Crippen LogP contribution >= 0.6 is 15.6 Å². The molecule has 4 heterocycles. The Hall–Kier alpha value is -1.54. The number of aliphatic hydroxyl groups is 1. The molecule has 0 amide bonds. The fourth-order valence-corrected chi connectivity index (χ4v) is 5.60. The second-order valence-electron chi connectivity index (χ2n) is 9.43. The molecule has 2 aromatic heterocycles. The van der Waals surface area contributed by atoms with Crippen LogP contribution in [-0.4, -0.2) is 71.6 Å². The summed E-state index contributed by atoms with van der Waals surface area (Å²) < 4.78 is 51.5. The Morgan fingerprint density at radius 3 is 1.90 bits per heavy atom. The molecule has 0 saturated carbocycles. The van der Waals surface area contributed by atoms with Crippen LogP contribution in [0.4, 0.5) is 0 Å². The van der Waals surface area contributed by atoms with Gasteiger partial charge in [-0.1, -0.05) is 0 Å². The van der Waals surface area contributed by atoms with Gasteiger partial charge in [0.1, 0.15) is 30.8 Å². The summed E-state index contributed by atoms with van der Waals surface area (Å²) in [5.41, 5.74) is -2.58. The van der Waals surface area contributed by atoms with Crippen molar-refractivity contribution in [2.45, 2.75) is 63.6 Å². The third kappa shape index (κ3) is 8.55. The third-order valence-corrected chi connectivity index (χ3v) is 7.86. The van der Waals surface area contributed by atoms with E-state index >= 15 is 0 Å². The molecule has 2 aromatic rings. The van der Waals surface area contributed by atoms with E-state index in [0.717, 1.165) is 15.3 Å². The summed E-state index contributed by atoms with van der Waals surface area (Å²) in [5, 5.41) is 10.4. The summed E-state index contributed by atoms with van der Waals surface area (Å²) in [5.74, 6) is 0. The van der Waals surface area contributed by atoms with Crippen LogP contribution in [0.2, 0.25) is 0 Å². The summed E-state index contributed by atoms with van der Waals surface area (Å²) in [6.45, 7) is 1.31. The second kappa shape index (κ2) is 13.6. The molecule has 5 N–H and O–H groups in total. The van der Waals surface area contributed by atoms with E-state index < -0.39 is 88.2 Å². The molecule has 0 aromatic carbocycles. The van der Waals surface area contributed by atoms with Crippen LogP contribution < -0.4 is 56.9 Å². The van der Waals surface area contributed by atoms with Crippen LogP contribution in [0.1, 0.15) is 36.4 Å². The normalized spacial score (nSPS) is 28.6. The molecular weight excluding hydrogens is 621 g/mol. The van der Waals surface area contributed by atoms with Gasteiger partial charge in [-0.3, -0.25) is 42.3 Å². The van der Waals surface area contributed by atoms with Crippen LogP contribution in [-0.2, 0) is 32.2 Å². The Morgan fingerprint density at radius 1 is 0.905 bits per heavy atom. The van der Waals surface area contributed by atoms with E-state index in [1.54, 1.807) is 0 Å². The van der Waals surface area contributed by atoms with Crippen molar-refractivity contribution in [1.82, 2.24) is 19.1 Å². The average Bonchev–Trinajstić information content (AvgIpc) is 3.43. The van der Waals surface area contributed by atoms with Gasteiger partial charge >= 0.3 is 48.8 Å². The third-order valence-electron chi connectivity index (χ3n) is 6.37. The first-order chi connectivity index (χ1) is 19.0. The predicted octanol–water partition coefficient (Wildman–Crippen LogP) is -5.38. The van der Waals surface area contributed by atoms with Crippen LogP contribution in [0.15, 0.2) is 31.6 Å². The van der Waals surface area contributed by atoms with Gasteiger partial charge in [0.2, 0.25) is 0 Å². The number of hydrogen-bond donors (Lipinski definition) is 5. The minimum atomic E-state index is -5.24. The summed E-state index contributed by atoms with van der Waals surface area (Å²) in [7, 11) is -10.2. The van der Waals surface area contributed by atoms with Gasteiger partial charge in [-0.15, -0.1) is 0 Å². The maximum atomic E-state index is 12.8. The van der Waals surface area contributed by atoms with E-state index in [0.29, 0.717) is 0 Å². The number of nitrogens with zero attached hydrogens (tertiary/aromatic N) is 2. The molecule has 228 valence electrons. The molecule has 2 fully saturated rings. The first-order valence-corrected chi connectivity index (χ1v) is 15.0. The van der Waals surface area contributed by atoms with Crippen molar-refractivity contribution < 1.29 is 81.5 Å². The molecule has 0 spiro atoms. The number of aromatic amines is 2. The molecule has 19 nitrogen and oxygen atoms in total. The van der Waals surface area contributed by atoms with Crippen molar-refractivity contribution in [2.75, 3.05) is 13.2 Å². The first-order valence-electron chi connectivity index (χ1n) is 12.0. The molecule has 2 unspecified atom stereocenters. The zero-order chi connectivity index (χ0) is 30.3. The standard InChI is InChI=1S/C20H28N4O15P2.Na/c1-9-5-23(19(28)21-17(9)26)15-3-11(25)13(37-15)7-36-41(33,34)39-12-4-16(38-14(12)8-35-40(30,31)32)24-6-10(2)18(27)22-20(24)29;/h5-6,11-16,25H,3-4,7-8H2,1-2H3,(H,33,34)(H,21,26,28)(H,22,27,29)(H2,30,31,32);/q;+1/p-1/t11-,12-,13+,14+,15+,16+;/m0./s1. The topological polar surface area (TPSA) is 274 Å². The SMILES string of the molecule is Cc1cn([C@H]2C[C@H](OP(=O)(O)OC[C@H]3O[C@@H](n4cc(C)c(=O)[nH]c4=O)C[C@@H]3O)[C@@H](COP(=O)([O-])O)O2)c(=O)[nH]c1=O.[Na+]. The number of aliphatic hydroxyl groups excluding tert-OH is 1. The van der Waals surface area contributed by atoms with Gasteiger partial charge in [-0.05, 0) is 13.8 Å². The van der Waals surface area contributed by atoms with Crippen LogP contribution in [0.5, 0.6) is 0 Å². The summed E-state index contributed by atoms with van der Waals surface area (Å²) >= 11 is 0. The molecule has 42 heavy (non-hydrogen) atoms. The average molecular weight is 648 g/mol. The van der Waals surface area contributed by atoms with E-state index in [-0.39, 0.29) is 53.5 Å². The number of aryl methyl sites for hydroxylation is 2. The number of phosphoric ester groups is 2. The van der Waals surface area contributed by atoms with Gasteiger partial charge in [-0.2, -0.15) is 0 Å². The van der Waals surface area contributed by atoms with E-state index in [1.807, 2.05) is 0 Å². The van der Waals surface area contributed by atoms with Gasteiger partial charge in [0.25, 0.3) is 18.9 Å². The number of nitrogens with one attached hydrogen (secondary N) is 2. The van der Waals surface area contributed by atoms with E-state index in [4.69, 9.17) is 23.4 Å². The Balaban J connectivity index is 0.00000484. The molecule has 2 aliphatic rings. The van der Waals surface area contributed by atoms with E-state index in [1.165, 1.54) is 20.0 Å². The van der Waals surface area contributed by atoms with Crippen molar-refractivity contribution in [3.63, 3.8) is 0 Å². The van der Waals surface area contributed by atoms with Gasteiger partial charge < -0.3 is 33.8 Å². The minimum Gasteiger partial charge on any atom is -0.756 e. The largest absolute Gasteiger partial charge is 1.00 e. The fourth-order valence-electron chi connectivity index (χ4n) is 4.30. The van der Waals surface area contributed by atoms with Crippen molar-refractivity contribution >= 4 is 15.6 Å². The van der Waals surface area contributed by atoms with E-state index in [9.17, 15) is 43.2 Å². The molecule has 0 aliphatic carbocycles. The predicted molar refractivity (Wildman–Crippen MR) is 132 cm³/mol. The van der Waals surface area contributed by atoms with Gasteiger partial charge in [0.15, 0.2) is 0 Å². The molecule has 4 rings (SSSR count). The van der Waals surface area contributed by atoms with Crippen molar-refractivity contribution in [3.8, 4) is 0 Å². The number of hydrogen-bond acceptors (Lipinski definition) is 13. The monoisotopic (exact) mass is 648 g/mol. The zero-order valence-corrected chi connectivity index (χ0v) is 26.3. The number of ether oxygens (including phenoxy) is 2. The van der Waals surface area contributed by atoms with Gasteiger partial charge in [0, 0.05) is 36.4 Å². The smallest absolute Gasteiger partial charge is 0.756 e. The zero-order valence-electron chi connectivity index (χ0n) is 22.5. The second-order valence-corrected chi connectivity index (χ2v) is 12.0. The minimum absolute atomic E-state index is 0. The number of aromatic nitrogens is 4. The Bertz CT molecular complexity index is 1620. The molecule has 8 atom stereocenters. The van der Waals surface area contributed by atoms with Gasteiger partial charge in [0.05, 0.1) is 19.3 Å². The Morgan fingerprint density at radius 2 is 1.38 bits per heavy atom. The molecule has 0 bridgehead atoms. The molecule has 22 heteroatoms. The van der Waals surface area contributed by atoms with Crippen molar-refractivity contribution in [3.05, 3.63) is 65.2 Å². The van der Waals surface area contributed by atoms with Crippen molar-refractivity contribution in [2.24, 2.45) is 0 Å². The quantitative estimate of drug-likeness (QED) is 0.119. The molecule has 2 saturated heterocycles. The summed E-state index contributed by atoms with van der Waals surface area (Å²) in [6.07, 6.45) is -5.54.